The second-order valence-corrected chi connectivity index (χ2v) is 6.14. The van der Waals surface area contributed by atoms with Crippen LogP contribution in [0.4, 0.5) is 0 Å². The molecule has 2 heterocycles. The van der Waals surface area contributed by atoms with Crippen LogP contribution in [-0.4, -0.2) is 37.2 Å². The van der Waals surface area contributed by atoms with Gasteiger partial charge in [-0.3, -0.25) is 4.90 Å². The van der Waals surface area contributed by atoms with Crippen molar-refractivity contribution in [2.45, 2.75) is 38.8 Å². The van der Waals surface area contributed by atoms with Gasteiger partial charge in [0.1, 0.15) is 12.4 Å². The van der Waals surface area contributed by atoms with E-state index in [0.717, 1.165) is 37.9 Å². The summed E-state index contributed by atoms with van der Waals surface area (Å²) in [4.78, 5) is 2.54. The van der Waals surface area contributed by atoms with Crippen LogP contribution in [0.3, 0.4) is 0 Å². The Labute approximate surface area is 122 Å². The van der Waals surface area contributed by atoms with E-state index in [2.05, 4.69) is 41.4 Å². The van der Waals surface area contributed by atoms with E-state index in [1.165, 1.54) is 31.4 Å². The Morgan fingerprint density at radius 1 is 1.35 bits per heavy atom. The lowest BCUT2D eigenvalue weighted by atomic mass is 9.90. The average Bonchev–Trinajstić information content (AvgIpc) is 2.69. The van der Waals surface area contributed by atoms with E-state index in [0.29, 0.717) is 6.04 Å². The first-order chi connectivity index (χ1) is 9.85. The third-order valence-electron chi connectivity index (χ3n) is 4.69. The van der Waals surface area contributed by atoms with E-state index < -0.39 is 0 Å². The molecule has 0 aliphatic carbocycles. The molecule has 2 aliphatic heterocycles. The Hall–Kier alpha value is -1.06. The summed E-state index contributed by atoms with van der Waals surface area (Å²) in [6.07, 6.45) is 4.00. The van der Waals surface area contributed by atoms with E-state index in [1.54, 1.807) is 0 Å². The lowest BCUT2D eigenvalue weighted by molar-refractivity contribution is 0.179. The van der Waals surface area contributed by atoms with Crippen molar-refractivity contribution in [1.82, 2.24) is 10.2 Å². The van der Waals surface area contributed by atoms with Crippen molar-refractivity contribution in [2.24, 2.45) is 5.92 Å². The Morgan fingerprint density at radius 2 is 2.25 bits per heavy atom. The third kappa shape index (κ3) is 3.33. The van der Waals surface area contributed by atoms with Crippen molar-refractivity contribution in [2.75, 3.05) is 26.2 Å². The monoisotopic (exact) mass is 274 g/mol. The maximum atomic E-state index is 5.85. The van der Waals surface area contributed by atoms with Gasteiger partial charge in [-0.15, -0.1) is 0 Å². The second kappa shape index (κ2) is 6.59. The molecule has 0 spiro atoms. The Bertz CT molecular complexity index is 435. The molecule has 20 heavy (non-hydrogen) atoms. The second-order valence-electron chi connectivity index (χ2n) is 6.14. The zero-order chi connectivity index (χ0) is 13.8. The molecule has 1 fully saturated rings. The van der Waals surface area contributed by atoms with Gasteiger partial charge in [-0.25, -0.2) is 0 Å². The number of ether oxygens (including phenoxy) is 1. The number of fused-ring (bicyclic) bond motifs is 1. The highest BCUT2D eigenvalue weighted by atomic mass is 16.5. The number of rotatable bonds is 3. The molecular weight excluding hydrogens is 248 g/mol. The van der Waals surface area contributed by atoms with Crippen LogP contribution >= 0.6 is 0 Å². The summed E-state index contributed by atoms with van der Waals surface area (Å²) < 4.78 is 5.85. The van der Waals surface area contributed by atoms with Gasteiger partial charge in [0.05, 0.1) is 0 Å². The molecule has 110 valence electrons. The summed E-state index contributed by atoms with van der Waals surface area (Å²) in [5.74, 6) is 1.98. The lowest BCUT2D eigenvalue weighted by Crippen LogP contribution is -2.46. The highest BCUT2D eigenvalue weighted by Gasteiger charge is 2.23. The number of nitrogens with zero attached hydrogens (tertiary/aromatic N) is 1. The number of piperidine rings is 1. The molecule has 1 aromatic rings. The Balaban J connectivity index is 1.60. The molecule has 3 rings (SSSR count). The average molecular weight is 274 g/mol. The molecule has 1 aromatic carbocycles. The molecule has 0 radical (unpaired) electrons. The van der Waals surface area contributed by atoms with Gasteiger partial charge in [0.25, 0.3) is 0 Å². The van der Waals surface area contributed by atoms with Crippen molar-refractivity contribution in [3.8, 4) is 5.75 Å². The zero-order valence-electron chi connectivity index (χ0n) is 12.5. The first-order valence-electron chi connectivity index (χ1n) is 8.01. The quantitative estimate of drug-likeness (QED) is 0.917. The molecule has 3 nitrogen and oxygen atoms in total. The molecule has 1 saturated heterocycles. The van der Waals surface area contributed by atoms with Gasteiger partial charge in [-0.05, 0) is 31.4 Å². The summed E-state index contributed by atoms with van der Waals surface area (Å²) >= 11 is 0. The van der Waals surface area contributed by atoms with Crippen molar-refractivity contribution in [3.05, 3.63) is 29.8 Å². The van der Waals surface area contributed by atoms with Crippen LogP contribution in [0.15, 0.2) is 24.3 Å². The van der Waals surface area contributed by atoms with Crippen LogP contribution in [0.1, 0.15) is 31.7 Å². The van der Waals surface area contributed by atoms with Gasteiger partial charge in [0.15, 0.2) is 0 Å². The van der Waals surface area contributed by atoms with Gasteiger partial charge in [-0.2, -0.15) is 0 Å². The van der Waals surface area contributed by atoms with E-state index in [1.807, 2.05) is 0 Å². The molecule has 3 heteroatoms. The van der Waals surface area contributed by atoms with E-state index >= 15 is 0 Å². The molecule has 2 unspecified atom stereocenters. The fourth-order valence-electron chi connectivity index (χ4n) is 3.45. The highest BCUT2D eigenvalue weighted by molar-refractivity contribution is 5.33. The minimum atomic E-state index is 0.652. The Morgan fingerprint density at radius 3 is 3.15 bits per heavy atom. The highest BCUT2D eigenvalue weighted by Crippen LogP contribution is 2.24. The largest absolute Gasteiger partial charge is 0.492 e. The maximum absolute atomic E-state index is 5.85. The SMILES string of the molecule is CCC1CCNC(CN2CCOc3ccccc3C2)C1. The van der Waals surface area contributed by atoms with Gasteiger partial charge < -0.3 is 10.1 Å². The zero-order valence-corrected chi connectivity index (χ0v) is 12.5. The van der Waals surface area contributed by atoms with E-state index in [9.17, 15) is 0 Å². The molecule has 2 atom stereocenters. The third-order valence-corrected chi connectivity index (χ3v) is 4.69. The minimum absolute atomic E-state index is 0.652. The van der Waals surface area contributed by atoms with Gasteiger partial charge in [0.2, 0.25) is 0 Å². The smallest absolute Gasteiger partial charge is 0.123 e. The number of benzene rings is 1. The van der Waals surface area contributed by atoms with Crippen LogP contribution in [0.25, 0.3) is 0 Å². The van der Waals surface area contributed by atoms with Gasteiger partial charge in [-0.1, -0.05) is 31.5 Å². The number of hydrogen-bond acceptors (Lipinski definition) is 3. The molecule has 2 aliphatic rings. The molecular formula is C17H26N2O. The molecule has 0 amide bonds. The summed E-state index contributed by atoms with van der Waals surface area (Å²) in [5.41, 5.74) is 1.33. The molecule has 0 aromatic heterocycles. The maximum Gasteiger partial charge on any atom is 0.123 e. The Kier molecular flexibility index (Phi) is 4.58. The number of nitrogens with one attached hydrogen (secondary N) is 1. The standard InChI is InChI=1S/C17H26N2O/c1-2-14-7-8-18-16(11-14)13-19-9-10-20-17-6-4-3-5-15(17)12-19/h3-6,14,16,18H,2,7-13H2,1H3. The fraction of sp³-hybridized carbons (Fsp3) is 0.647. The van der Waals surface area contributed by atoms with Crippen LogP contribution in [0.2, 0.25) is 0 Å². The predicted octanol–water partition coefficient (Wildman–Crippen LogP) is 2.66. The fourth-order valence-corrected chi connectivity index (χ4v) is 3.45. The van der Waals surface area contributed by atoms with E-state index in [-0.39, 0.29) is 0 Å². The first-order valence-corrected chi connectivity index (χ1v) is 8.01. The van der Waals surface area contributed by atoms with Crippen molar-refractivity contribution < 1.29 is 4.74 Å². The normalized spacial score (nSPS) is 27.4. The van der Waals surface area contributed by atoms with Crippen molar-refractivity contribution in [3.63, 3.8) is 0 Å². The predicted molar refractivity (Wildman–Crippen MR) is 82.0 cm³/mol. The molecule has 0 bridgehead atoms. The lowest BCUT2D eigenvalue weighted by Gasteiger charge is -2.33. The summed E-state index contributed by atoms with van der Waals surface area (Å²) in [6.45, 7) is 7.51. The van der Waals surface area contributed by atoms with Crippen LogP contribution in [-0.2, 0) is 6.54 Å². The van der Waals surface area contributed by atoms with Crippen LogP contribution in [0.5, 0.6) is 5.75 Å². The summed E-state index contributed by atoms with van der Waals surface area (Å²) in [7, 11) is 0. The summed E-state index contributed by atoms with van der Waals surface area (Å²) in [5, 5.41) is 3.69. The van der Waals surface area contributed by atoms with E-state index in [4.69, 9.17) is 4.74 Å². The van der Waals surface area contributed by atoms with Gasteiger partial charge >= 0.3 is 0 Å². The van der Waals surface area contributed by atoms with Crippen LogP contribution < -0.4 is 10.1 Å². The molecule has 0 saturated carbocycles. The topological polar surface area (TPSA) is 24.5 Å². The number of para-hydroxylation sites is 1. The first kappa shape index (κ1) is 13.9. The summed E-state index contributed by atoms with van der Waals surface area (Å²) in [6, 6.07) is 9.10. The number of hydrogen-bond donors (Lipinski definition) is 1. The molecule has 1 N–H and O–H groups in total. The van der Waals surface area contributed by atoms with Gasteiger partial charge in [0, 0.05) is 31.2 Å². The van der Waals surface area contributed by atoms with Crippen LogP contribution in [0, 0.1) is 5.92 Å². The minimum Gasteiger partial charge on any atom is -0.492 e. The van der Waals surface area contributed by atoms with Crippen molar-refractivity contribution in [1.29, 1.82) is 0 Å². The van der Waals surface area contributed by atoms with Crippen molar-refractivity contribution >= 4 is 0 Å².